The van der Waals surface area contributed by atoms with Gasteiger partial charge in [-0.05, 0) is 37.9 Å². The average molecular weight is 247 g/mol. The van der Waals surface area contributed by atoms with Crippen LogP contribution in [-0.2, 0) is 0 Å². The first-order valence-electron chi connectivity index (χ1n) is 6.87. The van der Waals surface area contributed by atoms with Crippen molar-refractivity contribution in [3.63, 3.8) is 0 Å². The van der Waals surface area contributed by atoms with Gasteiger partial charge in [0.2, 0.25) is 0 Å². The lowest BCUT2D eigenvalue weighted by molar-refractivity contribution is 0.192. The molecule has 98 valence electrons. The number of hydrogen-bond donors (Lipinski definition) is 1. The van der Waals surface area contributed by atoms with Crippen molar-refractivity contribution in [2.75, 3.05) is 25.5 Å². The maximum Gasteiger partial charge on any atom is 0.137 e. The van der Waals surface area contributed by atoms with Crippen LogP contribution in [0.1, 0.15) is 25.7 Å². The quantitative estimate of drug-likeness (QED) is 0.888. The highest BCUT2D eigenvalue weighted by Gasteiger charge is 2.35. The van der Waals surface area contributed by atoms with Crippen molar-refractivity contribution in [3.05, 3.63) is 18.3 Å². The summed E-state index contributed by atoms with van der Waals surface area (Å²) in [6.45, 7) is 2.51. The number of aromatic nitrogens is 1. The Hall–Kier alpha value is -1.29. The van der Waals surface area contributed by atoms with Crippen molar-refractivity contribution < 1.29 is 4.74 Å². The Balaban J connectivity index is 1.65. The Kier molecular flexibility index (Phi) is 3.37. The minimum Gasteiger partial charge on any atom is -0.495 e. The number of fused-ring (bicyclic) bond motifs is 1. The molecule has 0 radical (unpaired) electrons. The van der Waals surface area contributed by atoms with Crippen molar-refractivity contribution in [2.24, 2.45) is 0 Å². The van der Waals surface area contributed by atoms with Crippen LogP contribution in [0.2, 0.25) is 0 Å². The van der Waals surface area contributed by atoms with Gasteiger partial charge < -0.3 is 10.1 Å². The largest absolute Gasteiger partial charge is 0.495 e. The number of rotatable bonds is 3. The molecule has 0 aliphatic carbocycles. The van der Waals surface area contributed by atoms with Gasteiger partial charge in [-0.25, -0.2) is 4.98 Å². The molecule has 0 amide bonds. The smallest absolute Gasteiger partial charge is 0.137 e. The molecule has 2 atom stereocenters. The topological polar surface area (TPSA) is 37.4 Å². The number of nitrogens with zero attached hydrogens (tertiary/aromatic N) is 2. The second kappa shape index (κ2) is 5.14. The van der Waals surface area contributed by atoms with Crippen LogP contribution in [0.5, 0.6) is 5.75 Å². The fourth-order valence-electron chi connectivity index (χ4n) is 3.19. The van der Waals surface area contributed by atoms with Gasteiger partial charge in [-0.15, -0.1) is 0 Å². The normalized spacial score (nSPS) is 27.8. The van der Waals surface area contributed by atoms with E-state index in [1.807, 2.05) is 12.1 Å². The van der Waals surface area contributed by atoms with E-state index in [9.17, 15) is 0 Å². The Morgan fingerprint density at radius 3 is 3.00 bits per heavy atom. The summed E-state index contributed by atoms with van der Waals surface area (Å²) in [6, 6.07) is 5.24. The molecule has 2 saturated heterocycles. The van der Waals surface area contributed by atoms with Crippen molar-refractivity contribution in [2.45, 2.75) is 37.8 Å². The zero-order chi connectivity index (χ0) is 12.4. The summed E-state index contributed by atoms with van der Waals surface area (Å²) in [5.74, 6) is 1.78. The second-order valence-corrected chi connectivity index (χ2v) is 5.22. The van der Waals surface area contributed by atoms with Crippen LogP contribution in [0, 0.1) is 0 Å². The molecule has 4 nitrogen and oxygen atoms in total. The van der Waals surface area contributed by atoms with E-state index in [-0.39, 0.29) is 0 Å². The highest BCUT2D eigenvalue weighted by Crippen LogP contribution is 2.29. The number of piperidine rings is 1. The third-order valence-electron chi connectivity index (χ3n) is 4.16. The third kappa shape index (κ3) is 2.29. The van der Waals surface area contributed by atoms with Gasteiger partial charge in [-0.3, -0.25) is 4.90 Å². The van der Waals surface area contributed by atoms with Crippen LogP contribution in [-0.4, -0.2) is 42.2 Å². The van der Waals surface area contributed by atoms with E-state index in [0.717, 1.165) is 11.6 Å². The number of methoxy groups -OCH3 is 1. The summed E-state index contributed by atoms with van der Waals surface area (Å²) < 4.78 is 5.13. The lowest BCUT2D eigenvalue weighted by Crippen LogP contribution is -2.41. The Bertz CT molecular complexity index is 393. The van der Waals surface area contributed by atoms with Gasteiger partial charge >= 0.3 is 0 Å². The molecule has 0 bridgehead atoms. The molecule has 3 heterocycles. The van der Waals surface area contributed by atoms with Gasteiger partial charge in [0.25, 0.3) is 0 Å². The van der Waals surface area contributed by atoms with Gasteiger partial charge in [-0.2, -0.15) is 0 Å². The molecule has 0 saturated carbocycles. The standard InChI is InChI=1S/C14H21N3O/c1-18-11-5-6-14(15-10-11)16-12-7-9-17-8-3-2-4-13(12)17/h5-6,10,12-13H,2-4,7-9H2,1H3,(H,15,16). The predicted octanol–water partition coefficient (Wildman–Crippen LogP) is 2.13. The van der Waals surface area contributed by atoms with Crippen LogP contribution >= 0.6 is 0 Å². The van der Waals surface area contributed by atoms with Gasteiger partial charge in [0.15, 0.2) is 0 Å². The van der Waals surface area contributed by atoms with Gasteiger partial charge in [0.1, 0.15) is 11.6 Å². The fraction of sp³-hybridized carbons (Fsp3) is 0.643. The van der Waals surface area contributed by atoms with Gasteiger partial charge in [-0.1, -0.05) is 6.42 Å². The molecule has 2 unspecified atom stereocenters. The highest BCUT2D eigenvalue weighted by molar-refractivity contribution is 5.39. The molecule has 2 aliphatic heterocycles. The molecule has 0 spiro atoms. The number of hydrogen-bond acceptors (Lipinski definition) is 4. The summed E-state index contributed by atoms with van der Waals surface area (Å²) in [6.07, 6.45) is 7.07. The first-order valence-corrected chi connectivity index (χ1v) is 6.87. The zero-order valence-electron chi connectivity index (χ0n) is 10.9. The lowest BCUT2D eigenvalue weighted by Gasteiger charge is -2.32. The average Bonchev–Trinajstić information content (AvgIpc) is 2.83. The summed E-state index contributed by atoms with van der Waals surface area (Å²) in [4.78, 5) is 7.03. The summed E-state index contributed by atoms with van der Waals surface area (Å²) >= 11 is 0. The van der Waals surface area contributed by atoms with Crippen LogP contribution < -0.4 is 10.1 Å². The van der Waals surface area contributed by atoms with Crippen molar-refractivity contribution >= 4 is 5.82 Å². The van der Waals surface area contributed by atoms with Gasteiger partial charge in [0, 0.05) is 18.6 Å². The van der Waals surface area contributed by atoms with Gasteiger partial charge in [0.05, 0.1) is 13.3 Å². The highest BCUT2D eigenvalue weighted by atomic mass is 16.5. The van der Waals surface area contributed by atoms with Crippen molar-refractivity contribution in [1.82, 2.24) is 9.88 Å². The van der Waals surface area contributed by atoms with E-state index in [4.69, 9.17) is 4.74 Å². The molecular formula is C14H21N3O. The summed E-state index contributed by atoms with van der Waals surface area (Å²) in [5, 5.41) is 3.58. The molecule has 0 aromatic carbocycles. The van der Waals surface area contributed by atoms with E-state index in [1.54, 1.807) is 13.3 Å². The molecule has 1 aromatic heterocycles. The number of ether oxygens (including phenoxy) is 1. The lowest BCUT2D eigenvalue weighted by atomic mass is 9.99. The third-order valence-corrected chi connectivity index (χ3v) is 4.16. The Morgan fingerprint density at radius 2 is 2.22 bits per heavy atom. The van der Waals surface area contributed by atoms with E-state index >= 15 is 0 Å². The first-order chi connectivity index (χ1) is 8.86. The van der Waals surface area contributed by atoms with E-state index < -0.39 is 0 Å². The van der Waals surface area contributed by atoms with Crippen LogP contribution in [0.15, 0.2) is 18.3 Å². The van der Waals surface area contributed by atoms with Crippen LogP contribution in [0.4, 0.5) is 5.82 Å². The molecule has 2 aliphatic rings. The number of pyridine rings is 1. The fourth-order valence-corrected chi connectivity index (χ4v) is 3.19. The van der Waals surface area contributed by atoms with Crippen LogP contribution in [0.25, 0.3) is 0 Å². The summed E-state index contributed by atoms with van der Waals surface area (Å²) in [5.41, 5.74) is 0. The SMILES string of the molecule is COc1ccc(NC2CCN3CCCCC23)nc1. The van der Waals surface area contributed by atoms with E-state index in [1.165, 1.54) is 38.8 Å². The second-order valence-electron chi connectivity index (χ2n) is 5.22. The van der Waals surface area contributed by atoms with E-state index in [0.29, 0.717) is 12.1 Å². The zero-order valence-corrected chi connectivity index (χ0v) is 10.9. The molecule has 1 aromatic rings. The Morgan fingerprint density at radius 1 is 1.28 bits per heavy atom. The van der Waals surface area contributed by atoms with Crippen molar-refractivity contribution in [1.29, 1.82) is 0 Å². The van der Waals surface area contributed by atoms with Crippen LogP contribution in [0.3, 0.4) is 0 Å². The van der Waals surface area contributed by atoms with E-state index in [2.05, 4.69) is 15.2 Å². The molecular weight excluding hydrogens is 226 g/mol. The Labute approximate surface area is 108 Å². The molecule has 4 heteroatoms. The first kappa shape index (κ1) is 11.8. The molecule has 3 rings (SSSR count). The van der Waals surface area contributed by atoms with Crippen molar-refractivity contribution in [3.8, 4) is 5.75 Å². The summed E-state index contributed by atoms with van der Waals surface area (Å²) in [7, 11) is 1.67. The number of nitrogens with one attached hydrogen (secondary N) is 1. The maximum atomic E-state index is 5.13. The predicted molar refractivity (Wildman–Crippen MR) is 72.0 cm³/mol. The minimum absolute atomic E-state index is 0.561. The molecule has 2 fully saturated rings. The minimum atomic E-state index is 0.561. The molecule has 18 heavy (non-hydrogen) atoms. The maximum absolute atomic E-state index is 5.13. The monoisotopic (exact) mass is 247 g/mol. The number of anilines is 1. The molecule has 1 N–H and O–H groups in total.